The zero-order valence-electron chi connectivity index (χ0n) is 12.6. The lowest BCUT2D eigenvalue weighted by Crippen LogP contribution is -2.07. The molecule has 1 aliphatic rings. The second-order valence-corrected chi connectivity index (χ2v) is 4.70. The van der Waals surface area contributed by atoms with Crippen molar-refractivity contribution < 1.29 is 23.6 Å². The van der Waals surface area contributed by atoms with Gasteiger partial charge in [-0.15, -0.1) is 0 Å². The number of benzene rings is 1. The molecule has 2 aromatic rings. The summed E-state index contributed by atoms with van der Waals surface area (Å²) in [5, 5.41) is 10.6. The Labute approximate surface area is 136 Å². The van der Waals surface area contributed by atoms with Crippen LogP contribution < -0.4 is 4.74 Å². The van der Waals surface area contributed by atoms with E-state index in [1.54, 1.807) is 24.3 Å². The van der Waals surface area contributed by atoms with Crippen molar-refractivity contribution in [3.05, 3.63) is 63.5 Å². The van der Waals surface area contributed by atoms with Gasteiger partial charge in [-0.25, -0.2) is 9.79 Å². The number of nitro groups is 1. The Hall–Kier alpha value is -3.42. The van der Waals surface area contributed by atoms with Crippen LogP contribution in [0, 0.1) is 10.1 Å². The molecule has 0 fully saturated rings. The molecule has 0 radical (unpaired) electrons. The number of carbonyl (C=O) groups is 1. The van der Waals surface area contributed by atoms with Crippen LogP contribution in [0.25, 0.3) is 6.08 Å². The molecule has 0 saturated heterocycles. The molecule has 1 aromatic carbocycles. The zero-order valence-corrected chi connectivity index (χ0v) is 12.6. The molecule has 2 heterocycles. The van der Waals surface area contributed by atoms with E-state index in [9.17, 15) is 14.9 Å². The average molecular weight is 328 g/mol. The molecule has 0 unspecified atom stereocenters. The van der Waals surface area contributed by atoms with Crippen molar-refractivity contribution in [2.75, 3.05) is 6.61 Å². The first kappa shape index (κ1) is 15.5. The van der Waals surface area contributed by atoms with Gasteiger partial charge in [-0.1, -0.05) is 12.1 Å². The molecule has 0 aliphatic carbocycles. The first-order valence-corrected chi connectivity index (χ1v) is 7.07. The van der Waals surface area contributed by atoms with Gasteiger partial charge in [0.1, 0.15) is 16.4 Å². The van der Waals surface area contributed by atoms with Gasteiger partial charge in [-0.05, 0) is 25.1 Å². The second-order valence-electron chi connectivity index (χ2n) is 4.70. The first-order valence-electron chi connectivity index (χ1n) is 7.07. The SMILES string of the molecule is CCOc1ccccc1C1=N/C(=C\c2ccc([N+](=O)[O-])o2)C(=O)O1. The fourth-order valence-electron chi connectivity index (χ4n) is 2.10. The van der Waals surface area contributed by atoms with Gasteiger partial charge in [-0.3, -0.25) is 10.1 Å². The number of carbonyl (C=O) groups excluding carboxylic acids is 1. The molecule has 3 rings (SSSR count). The zero-order chi connectivity index (χ0) is 17.1. The fourth-order valence-corrected chi connectivity index (χ4v) is 2.10. The molecule has 1 aliphatic heterocycles. The Morgan fingerprint density at radius 3 is 2.79 bits per heavy atom. The molecule has 8 nitrogen and oxygen atoms in total. The van der Waals surface area contributed by atoms with Crippen LogP contribution in [0.1, 0.15) is 18.2 Å². The van der Waals surface area contributed by atoms with Crippen molar-refractivity contribution in [2.45, 2.75) is 6.92 Å². The number of nitrogens with zero attached hydrogens (tertiary/aromatic N) is 2. The van der Waals surface area contributed by atoms with E-state index >= 15 is 0 Å². The number of cyclic esters (lactones) is 1. The Morgan fingerprint density at radius 1 is 1.29 bits per heavy atom. The van der Waals surface area contributed by atoms with Gasteiger partial charge in [0, 0.05) is 6.08 Å². The Balaban J connectivity index is 1.93. The van der Waals surface area contributed by atoms with Gasteiger partial charge < -0.3 is 13.9 Å². The van der Waals surface area contributed by atoms with Crippen LogP contribution in [0.2, 0.25) is 0 Å². The van der Waals surface area contributed by atoms with Gasteiger partial charge in [0.25, 0.3) is 0 Å². The van der Waals surface area contributed by atoms with Crippen molar-refractivity contribution in [3.63, 3.8) is 0 Å². The molecule has 8 heteroatoms. The van der Waals surface area contributed by atoms with Crippen LogP contribution in [-0.4, -0.2) is 23.4 Å². The lowest BCUT2D eigenvalue weighted by Gasteiger charge is -2.08. The van der Waals surface area contributed by atoms with Crippen LogP contribution in [0.5, 0.6) is 5.75 Å². The van der Waals surface area contributed by atoms with E-state index in [0.29, 0.717) is 17.9 Å². The highest BCUT2D eigenvalue weighted by Crippen LogP contribution is 2.26. The van der Waals surface area contributed by atoms with E-state index in [4.69, 9.17) is 13.9 Å². The number of esters is 1. The predicted octanol–water partition coefficient (Wildman–Crippen LogP) is 2.93. The van der Waals surface area contributed by atoms with E-state index in [0.717, 1.165) is 0 Å². The normalized spacial score (nSPS) is 15.3. The molecular formula is C16H12N2O6. The number of para-hydroxylation sites is 1. The standard InChI is InChI=1S/C16H12N2O6/c1-2-22-13-6-4-3-5-11(13)15-17-12(16(19)24-15)9-10-7-8-14(23-10)18(20)21/h3-9H,2H2,1H3/b12-9-. The van der Waals surface area contributed by atoms with Crippen molar-refractivity contribution in [3.8, 4) is 5.75 Å². The van der Waals surface area contributed by atoms with Gasteiger partial charge in [0.15, 0.2) is 5.70 Å². The second kappa shape index (κ2) is 6.37. The molecular weight excluding hydrogens is 316 g/mol. The molecule has 122 valence electrons. The number of aliphatic imine (C=N–C) groups is 1. The Morgan fingerprint density at radius 2 is 2.08 bits per heavy atom. The van der Waals surface area contributed by atoms with Crippen LogP contribution in [0.3, 0.4) is 0 Å². The molecule has 0 spiro atoms. The summed E-state index contributed by atoms with van der Waals surface area (Å²) in [4.78, 5) is 26.0. The topological polar surface area (TPSA) is 104 Å². The number of rotatable bonds is 5. The maximum atomic E-state index is 12.0. The molecule has 0 atom stereocenters. The molecule has 24 heavy (non-hydrogen) atoms. The summed E-state index contributed by atoms with van der Waals surface area (Å²) in [6.07, 6.45) is 1.28. The molecule has 1 aromatic heterocycles. The van der Waals surface area contributed by atoms with Crippen molar-refractivity contribution in [1.29, 1.82) is 0 Å². The third-order valence-corrected chi connectivity index (χ3v) is 3.11. The van der Waals surface area contributed by atoms with Gasteiger partial charge in [0.05, 0.1) is 18.2 Å². The van der Waals surface area contributed by atoms with E-state index in [1.807, 2.05) is 6.92 Å². The lowest BCUT2D eigenvalue weighted by atomic mass is 10.2. The minimum absolute atomic E-state index is 0.0134. The quantitative estimate of drug-likeness (QED) is 0.362. The van der Waals surface area contributed by atoms with Crippen molar-refractivity contribution in [1.82, 2.24) is 0 Å². The minimum atomic E-state index is -0.671. The van der Waals surface area contributed by atoms with Crippen LogP contribution in [0.15, 0.2) is 51.5 Å². The molecule has 0 N–H and O–H groups in total. The maximum Gasteiger partial charge on any atom is 0.433 e. The van der Waals surface area contributed by atoms with Gasteiger partial charge >= 0.3 is 11.9 Å². The predicted molar refractivity (Wildman–Crippen MR) is 83.6 cm³/mol. The van der Waals surface area contributed by atoms with Crippen molar-refractivity contribution in [2.24, 2.45) is 4.99 Å². The van der Waals surface area contributed by atoms with E-state index in [1.165, 1.54) is 18.2 Å². The summed E-state index contributed by atoms with van der Waals surface area (Å²) >= 11 is 0. The molecule has 0 saturated carbocycles. The summed E-state index contributed by atoms with van der Waals surface area (Å²) in [5.41, 5.74) is 0.530. The average Bonchev–Trinajstić information content (AvgIpc) is 3.16. The molecule has 0 amide bonds. The number of furan rings is 1. The van der Waals surface area contributed by atoms with E-state index < -0.39 is 16.8 Å². The summed E-state index contributed by atoms with van der Waals surface area (Å²) in [6, 6.07) is 9.60. The van der Waals surface area contributed by atoms with Crippen LogP contribution in [0.4, 0.5) is 5.88 Å². The third-order valence-electron chi connectivity index (χ3n) is 3.11. The van der Waals surface area contributed by atoms with E-state index in [-0.39, 0.29) is 17.4 Å². The highest BCUT2D eigenvalue weighted by molar-refractivity contribution is 6.13. The van der Waals surface area contributed by atoms with Crippen LogP contribution in [-0.2, 0) is 9.53 Å². The number of hydrogen-bond donors (Lipinski definition) is 0. The summed E-state index contributed by atoms with van der Waals surface area (Å²) in [7, 11) is 0. The minimum Gasteiger partial charge on any atom is -0.493 e. The third kappa shape index (κ3) is 3.02. The maximum absolute atomic E-state index is 12.0. The fraction of sp³-hybridized carbons (Fsp3) is 0.125. The molecule has 0 bridgehead atoms. The van der Waals surface area contributed by atoms with E-state index in [2.05, 4.69) is 4.99 Å². The summed E-state index contributed by atoms with van der Waals surface area (Å²) in [6.45, 7) is 2.30. The Bertz CT molecular complexity index is 865. The van der Waals surface area contributed by atoms with Gasteiger partial charge in [-0.2, -0.15) is 0 Å². The largest absolute Gasteiger partial charge is 0.493 e. The Kier molecular flexibility index (Phi) is 4.11. The monoisotopic (exact) mass is 328 g/mol. The summed E-state index contributed by atoms with van der Waals surface area (Å²) < 4.78 is 15.6. The van der Waals surface area contributed by atoms with Gasteiger partial charge in [0.2, 0.25) is 5.90 Å². The number of hydrogen-bond acceptors (Lipinski definition) is 7. The summed E-state index contributed by atoms with van der Waals surface area (Å²) in [5.74, 6) is -0.302. The lowest BCUT2D eigenvalue weighted by molar-refractivity contribution is -0.402. The smallest absolute Gasteiger partial charge is 0.433 e. The highest BCUT2D eigenvalue weighted by atomic mass is 16.6. The first-order chi connectivity index (χ1) is 11.6. The number of ether oxygens (including phenoxy) is 2. The van der Waals surface area contributed by atoms with Crippen molar-refractivity contribution >= 4 is 23.8 Å². The highest BCUT2D eigenvalue weighted by Gasteiger charge is 2.26. The van der Waals surface area contributed by atoms with Crippen LogP contribution >= 0.6 is 0 Å².